The number of carbonyl (C=O) groups is 2. The van der Waals surface area contributed by atoms with Crippen molar-refractivity contribution in [2.24, 2.45) is 17.4 Å². The van der Waals surface area contributed by atoms with Crippen molar-refractivity contribution < 1.29 is 13.8 Å². The van der Waals surface area contributed by atoms with E-state index in [0.29, 0.717) is 36.7 Å². The number of nitrogens with one attached hydrogen (secondary N) is 1. The summed E-state index contributed by atoms with van der Waals surface area (Å²) in [7, 11) is 0. The highest BCUT2D eigenvalue weighted by molar-refractivity contribution is 7.94. The minimum Gasteiger partial charge on any atom is -0.390 e. The topological polar surface area (TPSA) is 107 Å². The average Bonchev–Trinajstić information content (AvgIpc) is 2.52. The molecule has 1 amide bonds. The third kappa shape index (κ3) is 7.49. The molecule has 0 aliphatic carbocycles. The normalized spacial score (nSPS) is 12.0. The highest BCUT2D eigenvalue weighted by atomic mass is 32.2. The number of rotatable bonds is 9. The van der Waals surface area contributed by atoms with Crippen LogP contribution in [0.25, 0.3) is 0 Å². The summed E-state index contributed by atoms with van der Waals surface area (Å²) in [4.78, 5) is 23.4. The van der Waals surface area contributed by atoms with Gasteiger partial charge in [0.25, 0.3) is 5.91 Å². The lowest BCUT2D eigenvalue weighted by molar-refractivity contribution is -0.134. The Morgan fingerprint density at radius 3 is 2.48 bits per heavy atom. The second-order valence-corrected chi connectivity index (χ2v) is 6.33. The van der Waals surface area contributed by atoms with Gasteiger partial charge >= 0.3 is 5.97 Å². The standard InChI is InChI=1S/C16H25N3O3S/c1-11(2)9-14(18)16(21)22-23-10-12-3-5-13(6-4-12)15(20)19-8-7-17/h3-6,11,14H,7-10,17-18H2,1-2H3,(H,19,20). The smallest absolute Gasteiger partial charge is 0.334 e. The Kier molecular flexibility index (Phi) is 8.68. The van der Waals surface area contributed by atoms with Crippen molar-refractivity contribution in [3.63, 3.8) is 0 Å². The van der Waals surface area contributed by atoms with Gasteiger partial charge in [-0.15, -0.1) is 0 Å². The molecular weight excluding hydrogens is 314 g/mol. The van der Waals surface area contributed by atoms with Gasteiger partial charge in [-0.05, 0) is 30.0 Å². The molecule has 128 valence electrons. The zero-order valence-corrected chi connectivity index (χ0v) is 14.4. The maximum absolute atomic E-state index is 11.7. The van der Waals surface area contributed by atoms with Gasteiger partial charge in [0.05, 0.1) is 17.8 Å². The molecular formula is C16H25N3O3S. The van der Waals surface area contributed by atoms with E-state index in [0.717, 1.165) is 17.6 Å². The van der Waals surface area contributed by atoms with Gasteiger partial charge in [0.2, 0.25) is 0 Å². The van der Waals surface area contributed by atoms with Crippen LogP contribution in [0.15, 0.2) is 24.3 Å². The Bertz CT molecular complexity index is 506. The van der Waals surface area contributed by atoms with Crippen molar-refractivity contribution in [2.45, 2.75) is 32.1 Å². The van der Waals surface area contributed by atoms with Crippen LogP contribution in [0, 0.1) is 5.92 Å². The first-order chi connectivity index (χ1) is 10.9. The number of carbonyl (C=O) groups excluding carboxylic acids is 2. The van der Waals surface area contributed by atoms with E-state index in [1.54, 1.807) is 12.1 Å². The summed E-state index contributed by atoms with van der Waals surface area (Å²) >= 11 is 1.05. The van der Waals surface area contributed by atoms with Crippen LogP contribution in [0.5, 0.6) is 0 Å². The summed E-state index contributed by atoms with van der Waals surface area (Å²) in [6, 6.07) is 6.52. The molecule has 0 saturated heterocycles. The Labute approximate surface area is 141 Å². The summed E-state index contributed by atoms with van der Waals surface area (Å²) < 4.78 is 5.10. The van der Waals surface area contributed by atoms with Gasteiger partial charge in [0.1, 0.15) is 6.04 Å². The van der Waals surface area contributed by atoms with Gasteiger partial charge < -0.3 is 21.0 Å². The summed E-state index contributed by atoms with van der Waals surface area (Å²) in [6.07, 6.45) is 0.603. The maximum Gasteiger partial charge on any atom is 0.334 e. The lowest BCUT2D eigenvalue weighted by Crippen LogP contribution is -2.32. The molecule has 0 heterocycles. The molecule has 1 unspecified atom stereocenters. The van der Waals surface area contributed by atoms with Crippen molar-refractivity contribution in [2.75, 3.05) is 13.1 Å². The summed E-state index contributed by atoms with van der Waals surface area (Å²) in [5, 5.41) is 2.70. The van der Waals surface area contributed by atoms with E-state index in [1.165, 1.54) is 0 Å². The van der Waals surface area contributed by atoms with E-state index in [1.807, 2.05) is 26.0 Å². The van der Waals surface area contributed by atoms with Crippen LogP contribution in [0.1, 0.15) is 36.2 Å². The highest BCUT2D eigenvalue weighted by Gasteiger charge is 2.17. The third-order valence-electron chi connectivity index (χ3n) is 3.04. The Balaban J connectivity index is 2.38. The molecule has 5 N–H and O–H groups in total. The minimum atomic E-state index is -0.587. The summed E-state index contributed by atoms with van der Waals surface area (Å²) in [5.74, 6) is 0.299. The molecule has 0 fully saturated rings. The summed E-state index contributed by atoms with van der Waals surface area (Å²) in [5.41, 5.74) is 12.6. The van der Waals surface area contributed by atoms with Gasteiger partial charge in [0.15, 0.2) is 0 Å². The fourth-order valence-electron chi connectivity index (χ4n) is 1.86. The molecule has 7 heteroatoms. The molecule has 1 aromatic carbocycles. The monoisotopic (exact) mass is 339 g/mol. The Hall–Kier alpha value is -1.57. The first-order valence-corrected chi connectivity index (χ1v) is 8.51. The highest BCUT2D eigenvalue weighted by Crippen LogP contribution is 2.16. The molecule has 0 aromatic heterocycles. The van der Waals surface area contributed by atoms with Crippen molar-refractivity contribution >= 4 is 23.9 Å². The van der Waals surface area contributed by atoms with E-state index in [9.17, 15) is 9.59 Å². The first-order valence-electron chi connectivity index (χ1n) is 7.60. The third-order valence-corrected chi connectivity index (χ3v) is 3.77. The average molecular weight is 339 g/mol. The number of nitrogens with two attached hydrogens (primary N) is 2. The van der Waals surface area contributed by atoms with E-state index in [4.69, 9.17) is 15.7 Å². The largest absolute Gasteiger partial charge is 0.390 e. The lowest BCUT2D eigenvalue weighted by Gasteiger charge is -2.12. The van der Waals surface area contributed by atoms with Crippen molar-refractivity contribution in [1.29, 1.82) is 0 Å². The van der Waals surface area contributed by atoms with Crippen LogP contribution in [0.3, 0.4) is 0 Å². The molecule has 0 radical (unpaired) electrons. The minimum absolute atomic E-state index is 0.152. The predicted octanol–water partition coefficient (Wildman–Crippen LogP) is 1.44. The van der Waals surface area contributed by atoms with Crippen LogP contribution in [0.2, 0.25) is 0 Å². The molecule has 1 atom stereocenters. The maximum atomic E-state index is 11.7. The van der Waals surface area contributed by atoms with Crippen LogP contribution >= 0.6 is 12.0 Å². The van der Waals surface area contributed by atoms with Gasteiger partial charge in [-0.2, -0.15) is 0 Å². The molecule has 1 aromatic rings. The van der Waals surface area contributed by atoms with E-state index in [-0.39, 0.29) is 5.91 Å². The quantitative estimate of drug-likeness (QED) is 0.588. The molecule has 6 nitrogen and oxygen atoms in total. The number of hydrogen-bond acceptors (Lipinski definition) is 6. The van der Waals surface area contributed by atoms with Gasteiger partial charge in [-0.1, -0.05) is 26.0 Å². The number of amides is 1. The lowest BCUT2D eigenvalue weighted by atomic mass is 10.1. The Morgan fingerprint density at radius 1 is 1.26 bits per heavy atom. The van der Waals surface area contributed by atoms with Gasteiger partial charge in [0, 0.05) is 18.7 Å². The van der Waals surface area contributed by atoms with Crippen LogP contribution < -0.4 is 16.8 Å². The molecule has 0 aliphatic heterocycles. The second kappa shape index (κ2) is 10.3. The second-order valence-electron chi connectivity index (χ2n) is 5.64. The zero-order valence-electron chi connectivity index (χ0n) is 13.6. The van der Waals surface area contributed by atoms with Crippen LogP contribution in [-0.2, 0) is 14.7 Å². The van der Waals surface area contributed by atoms with Crippen molar-refractivity contribution in [3.8, 4) is 0 Å². The number of benzene rings is 1. The van der Waals surface area contributed by atoms with E-state index >= 15 is 0 Å². The van der Waals surface area contributed by atoms with Crippen LogP contribution in [-0.4, -0.2) is 31.0 Å². The molecule has 0 spiro atoms. The SMILES string of the molecule is CC(C)CC(N)C(=O)OSCc1ccc(C(=O)NCCN)cc1. The summed E-state index contributed by atoms with van der Waals surface area (Å²) in [6.45, 7) is 4.87. The zero-order chi connectivity index (χ0) is 17.2. The molecule has 0 bridgehead atoms. The molecule has 1 rings (SSSR count). The van der Waals surface area contributed by atoms with E-state index < -0.39 is 12.0 Å². The fraction of sp³-hybridized carbons (Fsp3) is 0.500. The van der Waals surface area contributed by atoms with Crippen molar-refractivity contribution in [3.05, 3.63) is 35.4 Å². The van der Waals surface area contributed by atoms with E-state index in [2.05, 4.69) is 5.32 Å². The number of hydrogen-bond donors (Lipinski definition) is 3. The fourth-order valence-corrected chi connectivity index (χ4v) is 2.49. The van der Waals surface area contributed by atoms with Crippen LogP contribution in [0.4, 0.5) is 0 Å². The molecule has 23 heavy (non-hydrogen) atoms. The molecule has 0 aliphatic rings. The van der Waals surface area contributed by atoms with Gasteiger partial charge in [-0.3, -0.25) is 4.79 Å². The van der Waals surface area contributed by atoms with Gasteiger partial charge in [-0.25, -0.2) is 4.79 Å². The first kappa shape index (κ1) is 19.5. The molecule has 0 saturated carbocycles. The Morgan fingerprint density at radius 2 is 1.91 bits per heavy atom. The van der Waals surface area contributed by atoms with Crippen molar-refractivity contribution in [1.82, 2.24) is 5.32 Å². The predicted molar refractivity (Wildman–Crippen MR) is 92.6 cm³/mol.